The van der Waals surface area contributed by atoms with E-state index in [1.165, 1.54) is 6.42 Å². The third kappa shape index (κ3) is 2.43. The predicted octanol–water partition coefficient (Wildman–Crippen LogP) is 3.26. The maximum absolute atomic E-state index is 10.1. The van der Waals surface area contributed by atoms with E-state index in [0.717, 1.165) is 22.9 Å². The fourth-order valence-corrected chi connectivity index (χ4v) is 2.72. The molecule has 1 saturated carbocycles. The number of aliphatic hydroxyl groups is 1. The monoisotopic (exact) mass is 303 g/mol. The van der Waals surface area contributed by atoms with Gasteiger partial charge in [-0.1, -0.05) is 34.0 Å². The fraction of sp³-hybridized carbons (Fsp3) is 0.500. The highest BCUT2D eigenvalue weighted by atomic mass is 79.9. The molecule has 0 heterocycles. The smallest absolute Gasteiger partial charge is 0.0761 e. The Morgan fingerprint density at radius 2 is 2.12 bits per heavy atom. The summed E-state index contributed by atoms with van der Waals surface area (Å²) in [7, 11) is 0. The molecule has 0 aliphatic heterocycles. The number of aliphatic hydroxyl groups excluding tert-OH is 1. The molecule has 2 rings (SSSR count). The second kappa shape index (κ2) is 5.05. The van der Waals surface area contributed by atoms with E-state index in [2.05, 4.69) is 15.9 Å². The van der Waals surface area contributed by atoms with Crippen LogP contribution < -0.4 is 5.73 Å². The highest BCUT2D eigenvalue weighted by Crippen LogP contribution is 2.36. The van der Waals surface area contributed by atoms with Crippen molar-refractivity contribution in [1.29, 1.82) is 0 Å². The van der Waals surface area contributed by atoms with Gasteiger partial charge in [0.2, 0.25) is 0 Å². The maximum Gasteiger partial charge on any atom is 0.0761 e. The fourth-order valence-electron chi connectivity index (χ4n) is 2.03. The van der Waals surface area contributed by atoms with Crippen LogP contribution in [0.1, 0.15) is 30.9 Å². The van der Waals surface area contributed by atoms with Gasteiger partial charge in [0.05, 0.1) is 12.1 Å². The van der Waals surface area contributed by atoms with Crippen LogP contribution in [0.2, 0.25) is 5.02 Å². The van der Waals surface area contributed by atoms with E-state index in [4.69, 9.17) is 17.3 Å². The molecule has 1 aliphatic rings. The lowest BCUT2D eigenvalue weighted by Crippen LogP contribution is -2.36. The second-order valence-corrected chi connectivity index (χ2v) is 5.66. The third-order valence-corrected chi connectivity index (χ3v) is 4.28. The quantitative estimate of drug-likeness (QED) is 0.900. The second-order valence-electron chi connectivity index (χ2n) is 4.37. The molecular weight excluding hydrogens is 289 g/mol. The van der Waals surface area contributed by atoms with E-state index in [9.17, 15) is 5.11 Å². The molecule has 2 atom stereocenters. The van der Waals surface area contributed by atoms with Gasteiger partial charge in [-0.2, -0.15) is 0 Å². The van der Waals surface area contributed by atoms with Crippen LogP contribution in [-0.4, -0.2) is 11.2 Å². The Morgan fingerprint density at radius 1 is 1.44 bits per heavy atom. The molecule has 0 spiro atoms. The van der Waals surface area contributed by atoms with Crippen molar-refractivity contribution in [2.45, 2.75) is 31.4 Å². The molecule has 0 amide bonds. The van der Waals surface area contributed by atoms with Crippen molar-refractivity contribution in [3.8, 4) is 0 Å². The summed E-state index contributed by atoms with van der Waals surface area (Å²) in [5.74, 6) is 0.348. The minimum atomic E-state index is -0.469. The molecule has 0 saturated heterocycles. The summed E-state index contributed by atoms with van der Waals surface area (Å²) >= 11 is 9.37. The lowest BCUT2D eigenvalue weighted by atomic mass is 9.77. The van der Waals surface area contributed by atoms with Crippen molar-refractivity contribution in [1.82, 2.24) is 0 Å². The van der Waals surface area contributed by atoms with Gasteiger partial charge in [-0.15, -0.1) is 0 Å². The Morgan fingerprint density at radius 3 is 2.69 bits per heavy atom. The number of rotatable bonds is 3. The zero-order chi connectivity index (χ0) is 11.7. The lowest BCUT2D eigenvalue weighted by molar-refractivity contribution is 0.0412. The van der Waals surface area contributed by atoms with Crippen LogP contribution in [0.25, 0.3) is 0 Å². The minimum Gasteiger partial charge on any atom is -0.391 e. The molecule has 1 aliphatic carbocycles. The molecule has 0 radical (unpaired) electrons. The van der Waals surface area contributed by atoms with Crippen LogP contribution in [0.5, 0.6) is 0 Å². The molecule has 16 heavy (non-hydrogen) atoms. The maximum atomic E-state index is 10.1. The number of hydrogen-bond donors (Lipinski definition) is 2. The van der Waals surface area contributed by atoms with Crippen molar-refractivity contribution in [2.75, 3.05) is 0 Å². The van der Waals surface area contributed by atoms with Gasteiger partial charge in [0.1, 0.15) is 0 Å². The molecule has 0 bridgehead atoms. The molecule has 0 unspecified atom stereocenters. The molecule has 3 N–H and O–H groups in total. The average molecular weight is 305 g/mol. The number of benzene rings is 1. The van der Waals surface area contributed by atoms with E-state index < -0.39 is 6.10 Å². The zero-order valence-electron chi connectivity index (χ0n) is 8.87. The largest absolute Gasteiger partial charge is 0.391 e. The van der Waals surface area contributed by atoms with Crippen LogP contribution >= 0.6 is 27.5 Å². The minimum absolute atomic E-state index is 0.348. The van der Waals surface area contributed by atoms with Crippen LogP contribution in [0, 0.1) is 5.92 Å². The molecule has 1 fully saturated rings. The molecule has 4 heteroatoms. The van der Waals surface area contributed by atoms with Crippen molar-refractivity contribution in [2.24, 2.45) is 11.7 Å². The topological polar surface area (TPSA) is 46.2 Å². The predicted molar refractivity (Wildman–Crippen MR) is 69.4 cm³/mol. The van der Waals surface area contributed by atoms with E-state index in [-0.39, 0.29) is 6.04 Å². The summed E-state index contributed by atoms with van der Waals surface area (Å²) in [6.07, 6.45) is 2.88. The van der Waals surface area contributed by atoms with E-state index >= 15 is 0 Å². The van der Waals surface area contributed by atoms with Crippen molar-refractivity contribution >= 4 is 27.5 Å². The number of halogens is 2. The van der Waals surface area contributed by atoms with E-state index in [1.807, 2.05) is 12.1 Å². The SMILES string of the molecule is N[C@H](c1cc(Cl)ccc1Br)[C@@H](O)C1CCC1. The van der Waals surface area contributed by atoms with Gasteiger partial charge in [0.15, 0.2) is 0 Å². The Hall–Kier alpha value is -0.0900. The van der Waals surface area contributed by atoms with Gasteiger partial charge in [0.25, 0.3) is 0 Å². The first-order chi connectivity index (χ1) is 7.59. The lowest BCUT2D eigenvalue weighted by Gasteiger charge is -2.34. The molecule has 1 aromatic carbocycles. The Labute approximate surface area is 109 Å². The molecular formula is C12H15BrClNO. The van der Waals surface area contributed by atoms with Crippen molar-refractivity contribution < 1.29 is 5.11 Å². The van der Waals surface area contributed by atoms with Crippen molar-refractivity contribution in [3.05, 3.63) is 33.3 Å². The van der Waals surface area contributed by atoms with Gasteiger partial charge in [-0.25, -0.2) is 0 Å². The van der Waals surface area contributed by atoms with Gasteiger partial charge >= 0.3 is 0 Å². The van der Waals surface area contributed by atoms with Crippen LogP contribution in [0.4, 0.5) is 0 Å². The summed E-state index contributed by atoms with van der Waals surface area (Å²) < 4.78 is 0.905. The highest BCUT2D eigenvalue weighted by molar-refractivity contribution is 9.10. The number of nitrogens with two attached hydrogens (primary N) is 1. The summed E-state index contributed by atoms with van der Waals surface area (Å²) in [5.41, 5.74) is 6.96. The average Bonchev–Trinajstić information content (AvgIpc) is 2.18. The molecule has 0 aromatic heterocycles. The Bertz CT molecular complexity index is 381. The highest BCUT2D eigenvalue weighted by Gasteiger charge is 2.31. The Kier molecular flexibility index (Phi) is 3.90. The van der Waals surface area contributed by atoms with Crippen molar-refractivity contribution in [3.63, 3.8) is 0 Å². The van der Waals surface area contributed by atoms with Crippen LogP contribution in [0.3, 0.4) is 0 Å². The summed E-state index contributed by atoms with van der Waals surface area (Å²) in [4.78, 5) is 0. The first-order valence-electron chi connectivity index (χ1n) is 5.48. The first-order valence-corrected chi connectivity index (χ1v) is 6.65. The van der Waals surface area contributed by atoms with Gasteiger partial charge in [0, 0.05) is 9.50 Å². The summed E-state index contributed by atoms with van der Waals surface area (Å²) in [5, 5.41) is 10.8. The third-order valence-electron chi connectivity index (χ3n) is 3.32. The normalized spacial score (nSPS) is 20.2. The number of hydrogen-bond acceptors (Lipinski definition) is 2. The van der Waals surface area contributed by atoms with Crippen LogP contribution in [0.15, 0.2) is 22.7 Å². The molecule has 88 valence electrons. The molecule has 2 nitrogen and oxygen atoms in total. The standard InChI is InChI=1S/C12H15BrClNO/c13-10-5-4-8(14)6-9(10)11(15)12(16)7-2-1-3-7/h4-7,11-12,16H,1-3,15H2/t11-,12+/m1/s1. The van der Waals surface area contributed by atoms with Gasteiger partial charge in [-0.05, 0) is 42.5 Å². The molecule has 1 aromatic rings. The van der Waals surface area contributed by atoms with Gasteiger partial charge < -0.3 is 10.8 Å². The zero-order valence-corrected chi connectivity index (χ0v) is 11.2. The van der Waals surface area contributed by atoms with Crippen LogP contribution in [-0.2, 0) is 0 Å². The summed E-state index contributed by atoms with van der Waals surface area (Å²) in [6, 6.07) is 5.12. The summed E-state index contributed by atoms with van der Waals surface area (Å²) in [6.45, 7) is 0. The first kappa shape index (κ1) is 12.4. The van der Waals surface area contributed by atoms with Gasteiger partial charge in [-0.3, -0.25) is 0 Å². The van der Waals surface area contributed by atoms with E-state index in [0.29, 0.717) is 10.9 Å². The Balaban J connectivity index is 2.18. The van der Waals surface area contributed by atoms with E-state index in [1.54, 1.807) is 6.07 Å².